The van der Waals surface area contributed by atoms with E-state index in [0.717, 1.165) is 23.3 Å². The average molecular weight is 482 g/mol. The van der Waals surface area contributed by atoms with E-state index in [9.17, 15) is 33.0 Å². The van der Waals surface area contributed by atoms with E-state index < -0.39 is 44.4 Å². The Morgan fingerprint density at radius 1 is 1.09 bits per heavy atom. The summed E-state index contributed by atoms with van der Waals surface area (Å²) in [4.78, 5) is 17.1. The summed E-state index contributed by atoms with van der Waals surface area (Å²) in [5.74, 6) is 4.41. The summed E-state index contributed by atoms with van der Waals surface area (Å²) >= 11 is 0. The quantitative estimate of drug-likeness (QED) is 0.169. The second kappa shape index (κ2) is 7.30. The third-order valence-corrected chi connectivity index (χ3v) is 5.02. The van der Waals surface area contributed by atoms with Gasteiger partial charge in [-0.05, 0) is 30.3 Å². The lowest BCUT2D eigenvalue weighted by atomic mass is 10.1. The summed E-state index contributed by atoms with van der Waals surface area (Å²) < 4.78 is 92.6. The number of benzene rings is 1. The number of amides is 1. The number of hydrogen-bond acceptors (Lipinski definition) is 5. The molecule has 3 rings (SSSR count). The monoisotopic (exact) mass is 482 g/mol. The van der Waals surface area contributed by atoms with Gasteiger partial charge in [0, 0.05) is 29.6 Å². The minimum atomic E-state index is -10.2. The second-order valence-corrected chi connectivity index (χ2v) is 8.73. The van der Waals surface area contributed by atoms with E-state index >= 15 is 0 Å². The Hall–Kier alpha value is -3.46. The van der Waals surface area contributed by atoms with Crippen molar-refractivity contribution >= 4 is 28.1 Å². The first-order valence-electron chi connectivity index (χ1n) is 8.41. The Bertz CT molecular complexity index is 1180. The third-order valence-electron chi connectivity index (χ3n) is 3.90. The van der Waals surface area contributed by atoms with Gasteiger partial charge in [-0.25, -0.2) is 34.3 Å². The van der Waals surface area contributed by atoms with Gasteiger partial charge in [0.25, 0.3) is 12.3 Å². The van der Waals surface area contributed by atoms with Crippen molar-refractivity contribution in [2.24, 2.45) is 5.84 Å². The maximum absolute atomic E-state index is 13.2. The van der Waals surface area contributed by atoms with Crippen molar-refractivity contribution in [2.75, 3.05) is 5.01 Å². The highest BCUT2D eigenvalue weighted by atomic mass is 32.5. The van der Waals surface area contributed by atoms with E-state index in [2.05, 4.69) is 15.1 Å². The number of aromatic nitrogens is 4. The van der Waals surface area contributed by atoms with E-state index in [-0.39, 0.29) is 18.0 Å². The maximum atomic E-state index is 13.2. The van der Waals surface area contributed by atoms with Gasteiger partial charge in [0.1, 0.15) is 17.0 Å². The summed E-state index contributed by atoms with van der Waals surface area (Å²) in [6.45, 7) is 0. The molecule has 1 aromatic carbocycles. The molecule has 0 saturated carbocycles. The lowest BCUT2D eigenvalue weighted by Crippen LogP contribution is -2.36. The van der Waals surface area contributed by atoms with Gasteiger partial charge in [0.15, 0.2) is 5.82 Å². The van der Waals surface area contributed by atoms with E-state index in [1.54, 1.807) is 12.1 Å². The van der Waals surface area contributed by atoms with E-state index in [1.165, 1.54) is 12.3 Å². The molecule has 7 nitrogen and oxygen atoms in total. The topological polar surface area (TPSA) is 89.9 Å². The molecule has 32 heavy (non-hydrogen) atoms. The van der Waals surface area contributed by atoms with E-state index in [0.29, 0.717) is 11.1 Å². The molecule has 0 radical (unpaired) electrons. The Labute approximate surface area is 175 Å². The molecule has 172 valence electrons. The zero-order valence-corrected chi connectivity index (χ0v) is 16.4. The predicted molar refractivity (Wildman–Crippen MR) is 103 cm³/mol. The number of rotatable bonds is 6. The summed E-state index contributed by atoms with van der Waals surface area (Å²) in [6.07, 6.45) is 0.807. The molecule has 15 heteroatoms. The van der Waals surface area contributed by atoms with Crippen LogP contribution in [0.4, 0.5) is 34.0 Å². The van der Waals surface area contributed by atoms with Gasteiger partial charge in [0.2, 0.25) is 0 Å². The second-order valence-electron chi connectivity index (χ2n) is 6.32. The van der Waals surface area contributed by atoms with Crippen molar-refractivity contribution in [3.8, 4) is 11.4 Å². The van der Waals surface area contributed by atoms with E-state index in [1.807, 2.05) is 0 Å². The lowest BCUT2D eigenvalue weighted by Gasteiger charge is -2.40. The molecule has 1 amide bonds. The Morgan fingerprint density at radius 2 is 1.81 bits per heavy atom. The van der Waals surface area contributed by atoms with Crippen LogP contribution in [0, 0.1) is 0 Å². The highest BCUT2D eigenvalue weighted by molar-refractivity contribution is 8.45. The normalized spacial score (nSPS) is 14.4. The first-order valence-corrected chi connectivity index (χ1v) is 10.4. The van der Waals surface area contributed by atoms with Crippen LogP contribution in [0.25, 0.3) is 17.6 Å². The summed E-state index contributed by atoms with van der Waals surface area (Å²) in [6, 6.07) is 4.88. The molecular formula is C17H13F7N6OS. The van der Waals surface area contributed by atoms with Crippen molar-refractivity contribution in [1.82, 2.24) is 19.7 Å². The number of carbonyl (C=O) groups is 1. The van der Waals surface area contributed by atoms with Crippen molar-refractivity contribution in [2.45, 2.75) is 11.3 Å². The number of anilines is 1. The van der Waals surface area contributed by atoms with Crippen molar-refractivity contribution in [3.63, 3.8) is 0 Å². The lowest BCUT2D eigenvalue weighted by molar-refractivity contribution is -0.114. The predicted octanol–water partition coefficient (Wildman–Crippen LogP) is 5.31. The van der Waals surface area contributed by atoms with Crippen LogP contribution in [0.5, 0.6) is 0 Å². The van der Waals surface area contributed by atoms with Gasteiger partial charge in [-0.15, -0.1) is 5.10 Å². The van der Waals surface area contributed by atoms with Crippen LogP contribution in [0.15, 0.2) is 59.9 Å². The van der Waals surface area contributed by atoms with Crippen LogP contribution in [-0.2, 0) is 4.79 Å². The number of pyridine rings is 1. The van der Waals surface area contributed by atoms with E-state index in [4.69, 9.17) is 5.84 Å². The zero-order chi connectivity index (χ0) is 23.8. The van der Waals surface area contributed by atoms with Gasteiger partial charge < -0.3 is 0 Å². The smallest absolute Gasteiger partial charge is 0.268 e. The average Bonchev–Trinajstić information content (AvgIpc) is 3.19. The van der Waals surface area contributed by atoms with Crippen molar-refractivity contribution in [3.05, 3.63) is 60.6 Å². The zero-order valence-electron chi connectivity index (χ0n) is 15.6. The number of hydrazine groups is 1. The third kappa shape index (κ3) is 5.42. The molecule has 0 atom stereocenters. The van der Waals surface area contributed by atoms with Crippen LogP contribution in [0.2, 0.25) is 0 Å². The van der Waals surface area contributed by atoms with Gasteiger partial charge in [-0.3, -0.25) is 4.79 Å². The number of nitrogens with zero attached hydrogens (tertiary/aromatic N) is 5. The fourth-order valence-electron chi connectivity index (χ4n) is 2.41. The standard InChI is InChI=1S/C17H13F7N6OS/c18-16(19)11-7-12(9-13(8-11)32(20,21,22,23)24)17-27-10-29(28-17)6-4-15(31)30(25)14-3-1-2-5-26-14/h1-10,16H,25H2/b6-4-. The molecule has 2 heterocycles. The van der Waals surface area contributed by atoms with Gasteiger partial charge in [0.05, 0.1) is 0 Å². The SMILES string of the molecule is NN(C(=O)/C=C\n1cnc(-c2cc(C(F)F)cc(S(F)(F)(F)(F)F)c2)n1)c1ccccn1. The Morgan fingerprint density at radius 3 is 2.41 bits per heavy atom. The Balaban J connectivity index is 1.90. The van der Waals surface area contributed by atoms with Crippen molar-refractivity contribution in [1.29, 1.82) is 0 Å². The molecule has 2 aromatic heterocycles. The summed E-state index contributed by atoms with van der Waals surface area (Å²) in [5, 5.41) is 4.40. The van der Waals surface area contributed by atoms with Crippen LogP contribution < -0.4 is 10.9 Å². The number of hydrogen-bond donors (Lipinski definition) is 1. The van der Waals surface area contributed by atoms with Crippen molar-refractivity contribution < 1.29 is 33.0 Å². The Kier molecular flexibility index (Phi) is 5.30. The molecule has 0 saturated heterocycles. The molecular weight excluding hydrogens is 469 g/mol. The minimum absolute atomic E-state index is 0.00926. The molecule has 0 aliphatic carbocycles. The first kappa shape index (κ1) is 23.2. The molecule has 0 aliphatic rings. The van der Waals surface area contributed by atoms with Gasteiger partial charge in [-0.2, -0.15) is 0 Å². The first-order chi connectivity index (χ1) is 14.6. The minimum Gasteiger partial charge on any atom is -0.268 e. The number of carbonyl (C=O) groups excluding carboxylic acids is 1. The molecule has 0 fully saturated rings. The van der Waals surface area contributed by atoms with Crippen LogP contribution in [-0.4, -0.2) is 25.7 Å². The van der Waals surface area contributed by atoms with Gasteiger partial charge >= 0.3 is 10.2 Å². The fourth-order valence-corrected chi connectivity index (χ4v) is 3.12. The summed E-state index contributed by atoms with van der Waals surface area (Å²) in [7, 11) is -10.2. The molecule has 0 aliphatic heterocycles. The largest absolute Gasteiger partial charge is 0.310 e. The summed E-state index contributed by atoms with van der Waals surface area (Å²) in [5.41, 5.74) is -1.99. The van der Waals surface area contributed by atoms with Crippen LogP contribution >= 0.6 is 10.2 Å². The highest BCUT2D eigenvalue weighted by Crippen LogP contribution is 3.02. The fraction of sp³-hybridized carbons (Fsp3) is 0.0588. The number of nitrogens with two attached hydrogens (primary N) is 1. The number of halogens is 7. The van der Waals surface area contributed by atoms with Crippen LogP contribution in [0.1, 0.15) is 12.0 Å². The number of alkyl halides is 2. The van der Waals surface area contributed by atoms with Crippen LogP contribution in [0.3, 0.4) is 0 Å². The molecule has 3 aromatic rings. The molecule has 0 unspecified atom stereocenters. The highest BCUT2D eigenvalue weighted by Gasteiger charge is 2.65. The molecule has 0 bridgehead atoms. The maximum Gasteiger partial charge on any atom is 0.310 e. The molecule has 0 spiro atoms. The molecule has 2 N–H and O–H groups in total. The van der Waals surface area contributed by atoms with Gasteiger partial charge in [-0.1, -0.05) is 25.5 Å².